The van der Waals surface area contributed by atoms with Crippen molar-refractivity contribution in [2.24, 2.45) is 0 Å². The van der Waals surface area contributed by atoms with E-state index in [0.29, 0.717) is 6.54 Å². The van der Waals surface area contributed by atoms with E-state index in [0.717, 1.165) is 29.6 Å². The zero-order valence-corrected chi connectivity index (χ0v) is 11.7. The minimum absolute atomic E-state index is 0.119. The van der Waals surface area contributed by atoms with Crippen LogP contribution in [0.15, 0.2) is 30.5 Å². The highest BCUT2D eigenvalue weighted by Gasteiger charge is 2.30. The van der Waals surface area contributed by atoms with E-state index < -0.39 is 0 Å². The summed E-state index contributed by atoms with van der Waals surface area (Å²) in [5, 5.41) is 13.2. The second kappa shape index (κ2) is 5.85. The molecule has 1 aliphatic rings. The predicted molar refractivity (Wildman–Crippen MR) is 79.3 cm³/mol. The van der Waals surface area contributed by atoms with Gasteiger partial charge in [-0.15, -0.1) is 0 Å². The molecule has 0 aliphatic heterocycles. The SMILES string of the molecule is OCC1(NCc2cnc3ccccc3n2)CCCCC1. The first-order valence-electron chi connectivity index (χ1n) is 7.38. The first-order valence-corrected chi connectivity index (χ1v) is 7.38. The lowest BCUT2D eigenvalue weighted by Gasteiger charge is -2.36. The van der Waals surface area contributed by atoms with Crippen LogP contribution >= 0.6 is 0 Å². The van der Waals surface area contributed by atoms with Gasteiger partial charge in [0.1, 0.15) is 0 Å². The zero-order chi connectivity index (χ0) is 13.8. The van der Waals surface area contributed by atoms with Crippen molar-refractivity contribution >= 4 is 11.0 Å². The highest BCUT2D eigenvalue weighted by atomic mass is 16.3. The molecule has 1 aromatic carbocycles. The minimum atomic E-state index is -0.119. The Morgan fingerprint density at radius 3 is 2.60 bits per heavy atom. The van der Waals surface area contributed by atoms with E-state index in [2.05, 4.69) is 15.3 Å². The fourth-order valence-electron chi connectivity index (χ4n) is 2.98. The normalized spacial score (nSPS) is 18.2. The summed E-state index contributed by atoms with van der Waals surface area (Å²) in [5.41, 5.74) is 2.66. The van der Waals surface area contributed by atoms with Crippen molar-refractivity contribution in [1.82, 2.24) is 15.3 Å². The van der Waals surface area contributed by atoms with Gasteiger partial charge in [0.15, 0.2) is 0 Å². The molecule has 0 spiro atoms. The fraction of sp³-hybridized carbons (Fsp3) is 0.500. The van der Waals surface area contributed by atoms with Crippen LogP contribution in [0.2, 0.25) is 0 Å². The Hall–Kier alpha value is -1.52. The first kappa shape index (κ1) is 13.5. The Labute approximate surface area is 119 Å². The van der Waals surface area contributed by atoms with Gasteiger partial charge < -0.3 is 10.4 Å². The molecule has 0 radical (unpaired) electrons. The highest BCUT2D eigenvalue weighted by molar-refractivity contribution is 5.73. The minimum Gasteiger partial charge on any atom is -0.394 e. The smallest absolute Gasteiger partial charge is 0.0890 e. The van der Waals surface area contributed by atoms with Crippen LogP contribution < -0.4 is 5.32 Å². The fourth-order valence-corrected chi connectivity index (χ4v) is 2.98. The molecule has 1 aromatic heterocycles. The van der Waals surface area contributed by atoms with Crippen LogP contribution in [-0.4, -0.2) is 27.2 Å². The molecule has 1 aliphatic carbocycles. The number of aliphatic hydroxyl groups excluding tert-OH is 1. The lowest BCUT2D eigenvalue weighted by molar-refractivity contribution is 0.119. The molecule has 20 heavy (non-hydrogen) atoms. The van der Waals surface area contributed by atoms with Gasteiger partial charge in [0.05, 0.1) is 29.5 Å². The largest absolute Gasteiger partial charge is 0.394 e. The number of para-hydroxylation sites is 2. The van der Waals surface area contributed by atoms with Crippen LogP contribution in [-0.2, 0) is 6.54 Å². The van der Waals surface area contributed by atoms with Gasteiger partial charge in [-0.2, -0.15) is 0 Å². The molecule has 0 atom stereocenters. The Morgan fingerprint density at radius 2 is 1.85 bits per heavy atom. The van der Waals surface area contributed by atoms with Crippen molar-refractivity contribution in [3.63, 3.8) is 0 Å². The van der Waals surface area contributed by atoms with E-state index in [1.807, 2.05) is 30.5 Å². The van der Waals surface area contributed by atoms with Crippen molar-refractivity contribution in [2.75, 3.05) is 6.61 Å². The third-order valence-corrected chi connectivity index (χ3v) is 4.26. The lowest BCUT2D eigenvalue weighted by atomic mass is 9.82. The van der Waals surface area contributed by atoms with Crippen LogP contribution in [0.25, 0.3) is 11.0 Å². The molecule has 1 saturated carbocycles. The molecule has 0 amide bonds. The molecule has 1 fully saturated rings. The van der Waals surface area contributed by atoms with Gasteiger partial charge in [0.2, 0.25) is 0 Å². The number of rotatable bonds is 4. The third kappa shape index (κ3) is 2.81. The maximum Gasteiger partial charge on any atom is 0.0890 e. The van der Waals surface area contributed by atoms with Gasteiger partial charge in [-0.25, -0.2) is 4.98 Å². The summed E-state index contributed by atoms with van der Waals surface area (Å²) in [5.74, 6) is 0. The number of fused-ring (bicyclic) bond motifs is 1. The topological polar surface area (TPSA) is 58.0 Å². The molecule has 106 valence electrons. The molecule has 2 aromatic rings. The van der Waals surface area contributed by atoms with Crippen molar-refractivity contribution < 1.29 is 5.11 Å². The maximum atomic E-state index is 9.69. The maximum absolute atomic E-state index is 9.69. The number of nitrogens with zero attached hydrogens (tertiary/aromatic N) is 2. The summed E-state index contributed by atoms with van der Waals surface area (Å²) < 4.78 is 0. The van der Waals surface area contributed by atoms with Gasteiger partial charge in [-0.05, 0) is 25.0 Å². The second-order valence-corrected chi connectivity index (χ2v) is 5.70. The molecule has 3 rings (SSSR count). The van der Waals surface area contributed by atoms with Crippen LogP contribution in [0.1, 0.15) is 37.8 Å². The number of hydrogen-bond acceptors (Lipinski definition) is 4. The van der Waals surface area contributed by atoms with Crippen molar-refractivity contribution in [3.8, 4) is 0 Å². The third-order valence-electron chi connectivity index (χ3n) is 4.26. The molecule has 2 N–H and O–H groups in total. The second-order valence-electron chi connectivity index (χ2n) is 5.70. The Balaban J connectivity index is 1.72. The summed E-state index contributed by atoms with van der Waals surface area (Å²) in [7, 11) is 0. The van der Waals surface area contributed by atoms with Crippen LogP contribution in [0, 0.1) is 0 Å². The molecule has 4 heteroatoms. The summed E-state index contributed by atoms with van der Waals surface area (Å²) in [4.78, 5) is 9.05. The average Bonchev–Trinajstić information content (AvgIpc) is 2.54. The van der Waals surface area contributed by atoms with Gasteiger partial charge in [0.25, 0.3) is 0 Å². The Morgan fingerprint density at radius 1 is 1.10 bits per heavy atom. The first-order chi connectivity index (χ1) is 9.81. The van der Waals surface area contributed by atoms with Gasteiger partial charge in [0, 0.05) is 12.1 Å². The van der Waals surface area contributed by atoms with E-state index in [9.17, 15) is 5.11 Å². The average molecular weight is 271 g/mol. The lowest BCUT2D eigenvalue weighted by Crippen LogP contribution is -2.49. The summed E-state index contributed by atoms with van der Waals surface area (Å²) in [6.45, 7) is 0.867. The van der Waals surface area contributed by atoms with Crippen molar-refractivity contribution in [2.45, 2.75) is 44.2 Å². The molecule has 1 heterocycles. The summed E-state index contributed by atoms with van der Waals surface area (Å²) in [6.07, 6.45) is 7.57. The highest BCUT2D eigenvalue weighted by Crippen LogP contribution is 2.28. The molecular weight excluding hydrogens is 250 g/mol. The molecule has 4 nitrogen and oxygen atoms in total. The number of aliphatic hydroxyl groups is 1. The van der Waals surface area contributed by atoms with E-state index in [1.54, 1.807) is 0 Å². The molecular formula is C16H21N3O. The van der Waals surface area contributed by atoms with Gasteiger partial charge in [-0.1, -0.05) is 31.4 Å². The van der Waals surface area contributed by atoms with E-state index in [4.69, 9.17) is 0 Å². The van der Waals surface area contributed by atoms with E-state index in [1.165, 1.54) is 19.3 Å². The number of aromatic nitrogens is 2. The van der Waals surface area contributed by atoms with Crippen molar-refractivity contribution in [3.05, 3.63) is 36.2 Å². The predicted octanol–water partition coefficient (Wildman–Crippen LogP) is 2.41. The molecule has 0 bridgehead atoms. The number of benzene rings is 1. The standard InChI is InChI=1S/C16H21N3O/c20-12-16(8-4-1-5-9-16)18-11-13-10-17-14-6-2-3-7-15(14)19-13/h2-3,6-7,10,18,20H,1,4-5,8-9,11-12H2. The Bertz CT molecular complexity index is 579. The number of hydrogen-bond donors (Lipinski definition) is 2. The van der Waals surface area contributed by atoms with Crippen LogP contribution in [0.3, 0.4) is 0 Å². The zero-order valence-electron chi connectivity index (χ0n) is 11.7. The molecule has 0 saturated heterocycles. The van der Waals surface area contributed by atoms with Crippen LogP contribution in [0.5, 0.6) is 0 Å². The van der Waals surface area contributed by atoms with E-state index in [-0.39, 0.29) is 12.1 Å². The van der Waals surface area contributed by atoms with Gasteiger partial charge in [-0.3, -0.25) is 4.98 Å². The quantitative estimate of drug-likeness (QED) is 0.896. The number of nitrogens with one attached hydrogen (secondary N) is 1. The summed E-state index contributed by atoms with van der Waals surface area (Å²) >= 11 is 0. The van der Waals surface area contributed by atoms with Crippen molar-refractivity contribution in [1.29, 1.82) is 0 Å². The molecule has 0 unspecified atom stereocenters. The summed E-state index contributed by atoms with van der Waals surface area (Å²) in [6, 6.07) is 7.90. The van der Waals surface area contributed by atoms with E-state index >= 15 is 0 Å². The monoisotopic (exact) mass is 271 g/mol. The van der Waals surface area contributed by atoms with Gasteiger partial charge >= 0.3 is 0 Å². The van der Waals surface area contributed by atoms with Crippen LogP contribution in [0.4, 0.5) is 0 Å². The Kier molecular flexibility index (Phi) is 3.94.